The van der Waals surface area contributed by atoms with Gasteiger partial charge in [-0.3, -0.25) is 0 Å². The average molecular weight is 364 g/mol. The third-order valence-corrected chi connectivity index (χ3v) is 5.26. The van der Waals surface area contributed by atoms with Gasteiger partial charge < -0.3 is 15.2 Å². The number of nitrogens with one attached hydrogen (secondary N) is 1. The van der Waals surface area contributed by atoms with E-state index in [2.05, 4.69) is 25.7 Å². The number of nitrogens with zero attached hydrogens (tertiary/aromatic N) is 5. The van der Waals surface area contributed by atoms with Crippen LogP contribution in [0.1, 0.15) is 25.7 Å². The van der Waals surface area contributed by atoms with E-state index in [9.17, 15) is 5.11 Å². The van der Waals surface area contributed by atoms with E-state index in [1.54, 1.807) is 24.5 Å². The number of phenols is 1. The summed E-state index contributed by atoms with van der Waals surface area (Å²) in [6.45, 7) is 0. The summed E-state index contributed by atoms with van der Waals surface area (Å²) >= 11 is 0. The lowest BCUT2D eigenvalue weighted by molar-refractivity contribution is 0.130. The summed E-state index contributed by atoms with van der Waals surface area (Å²) in [5.74, 6) is 0.629. The van der Waals surface area contributed by atoms with E-state index in [1.165, 1.54) is 17.6 Å². The van der Waals surface area contributed by atoms with Crippen molar-refractivity contribution in [1.29, 1.82) is 0 Å². The van der Waals surface area contributed by atoms with Gasteiger partial charge in [0.1, 0.15) is 11.9 Å². The number of aromatic nitrogens is 5. The fourth-order valence-electron chi connectivity index (χ4n) is 4.01. The Morgan fingerprint density at radius 3 is 2.44 bits per heavy atom. The summed E-state index contributed by atoms with van der Waals surface area (Å²) < 4.78 is 6.03. The number of aromatic hydroxyl groups is 1. The normalized spacial score (nSPS) is 24.1. The van der Waals surface area contributed by atoms with E-state index in [0.717, 1.165) is 12.8 Å². The van der Waals surface area contributed by atoms with E-state index in [4.69, 9.17) is 4.74 Å². The molecule has 8 heteroatoms. The van der Waals surface area contributed by atoms with Gasteiger partial charge in [-0.25, -0.2) is 0 Å². The van der Waals surface area contributed by atoms with Crippen LogP contribution in [0.4, 0.5) is 0 Å². The Balaban J connectivity index is 1.31. The lowest BCUT2D eigenvalue weighted by atomic mass is 10.0. The molecule has 3 atom stereocenters. The van der Waals surface area contributed by atoms with Crippen LogP contribution in [-0.2, 0) is 0 Å². The maximum absolute atomic E-state index is 10.4. The first-order chi connectivity index (χ1) is 13.2. The molecule has 0 radical (unpaired) electrons. The number of ether oxygens (including phenoxy) is 1. The maximum Gasteiger partial charge on any atom is 0.233 e. The van der Waals surface area contributed by atoms with Crippen molar-refractivity contribution in [1.82, 2.24) is 30.5 Å². The Hall–Kier alpha value is -3.00. The second-order valence-corrected chi connectivity index (χ2v) is 7.13. The van der Waals surface area contributed by atoms with Crippen molar-refractivity contribution < 1.29 is 9.84 Å². The number of benzene rings is 1. The molecule has 0 unspecified atom stereocenters. The fraction of sp³-hybridized carbons (Fsp3) is 0.368. The number of rotatable bonds is 4. The van der Waals surface area contributed by atoms with Gasteiger partial charge in [0.2, 0.25) is 5.88 Å². The molecule has 2 aliphatic heterocycles. The minimum atomic E-state index is 0.0997. The zero-order chi connectivity index (χ0) is 18.2. The monoisotopic (exact) mass is 364 g/mol. The molecule has 0 spiro atoms. The molecular weight excluding hydrogens is 344 g/mol. The molecule has 0 amide bonds. The molecule has 2 aliphatic rings. The number of hydrogen-bond donors (Lipinski definition) is 2. The Kier molecular flexibility index (Phi) is 3.97. The van der Waals surface area contributed by atoms with Gasteiger partial charge in [0.15, 0.2) is 0 Å². The third-order valence-electron chi connectivity index (χ3n) is 5.26. The zero-order valence-corrected chi connectivity index (χ0v) is 14.7. The predicted octanol–water partition coefficient (Wildman–Crippen LogP) is 2.09. The number of fused-ring (bicyclic) bond motifs is 2. The molecule has 27 heavy (non-hydrogen) atoms. The van der Waals surface area contributed by atoms with Crippen LogP contribution in [0.2, 0.25) is 0 Å². The van der Waals surface area contributed by atoms with E-state index in [1.807, 2.05) is 18.2 Å². The van der Waals surface area contributed by atoms with Crippen LogP contribution in [0.3, 0.4) is 0 Å². The van der Waals surface area contributed by atoms with Crippen LogP contribution in [0.5, 0.6) is 11.6 Å². The van der Waals surface area contributed by atoms with Gasteiger partial charge in [-0.2, -0.15) is 15.0 Å². The highest BCUT2D eigenvalue weighted by atomic mass is 16.5. The second kappa shape index (κ2) is 6.62. The first-order valence-corrected chi connectivity index (χ1v) is 9.21. The average Bonchev–Trinajstić information content (AvgIpc) is 3.32. The quantitative estimate of drug-likeness (QED) is 0.731. The summed E-state index contributed by atoms with van der Waals surface area (Å²) in [5, 5.41) is 30.5. The van der Waals surface area contributed by atoms with Gasteiger partial charge in [-0.15, -0.1) is 10.2 Å². The van der Waals surface area contributed by atoms with Gasteiger partial charge >= 0.3 is 0 Å². The molecule has 2 fully saturated rings. The Bertz CT molecular complexity index is 916. The molecule has 1 aromatic carbocycles. The minimum Gasteiger partial charge on any atom is -0.507 e. The predicted molar refractivity (Wildman–Crippen MR) is 97.6 cm³/mol. The van der Waals surface area contributed by atoms with Crippen LogP contribution in [0.25, 0.3) is 16.9 Å². The summed E-state index contributed by atoms with van der Waals surface area (Å²) in [5.41, 5.74) is 1.87. The summed E-state index contributed by atoms with van der Waals surface area (Å²) in [7, 11) is 0. The number of hydrogen-bond acceptors (Lipinski definition) is 7. The van der Waals surface area contributed by atoms with E-state index in [0.29, 0.717) is 34.9 Å². The van der Waals surface area contributed by atoms with Crippen molar-refractivity contribution in [3.05, 3.63) is 42.7 Å². The molecule has 2 aromatic heterocycles. The molecule has 2 N–H and O–H groups in total. The smallest absolute Gasteiger partial charge is 0.233 e. The fourth-order valence-corrected chi connectivity index (χ4v) is 4.01. The molecule has 8 nitrogen and oxygen atoms in total. The molecule has 3 aromatic rings. The van der Waals surface area contributed by atoms with Crippen LogP contribution >= 0.6 is 0 Å². The molecule has 5 rings (SSSR count). The van der Waals surface area contributed by atoms with Crippen molar-refractivity contribution in [2.45, 2.75) is 43.9 Å². The highest BCUT2D eigenvalue weighted by Gasteiger charge is 2.34. The highest BCUT2D eigenvalue weighted by molar-refractivity contribution is 5.68. The van der Waals surface area contributed by atoms with Crippen molar-refractivity contribution in [3.63, 3.8) is 0 Å². The van der Waals surface area contributed by atoms with E-state index >= 15 is 0 Å². The lowest BCUT2D eigenvalue weighted by Gasteiger charge is -2.28. The van der Waals surface area contributed by atoms with Crippen LogP contribution in [0.15, 0.2) is 42.7 Å². The van der Waals surface area contributed by atoms with Crippen molar-refractivity contribution >= 4 is 0 Å². The van der Waals surface area contributed by atoms with Crippen LogP contribution < -0.4 is 10.1 Å². The summed E-state index contributed by atoms with van der Waals surface area (Å²) in [4.78, 5) is 1.44. The Morgan fingerprint density at radius 2 is 1.78 bits per heavy atom. The van der Waals surface area contributed by atoms with Crippen molar-refractivity contribution in [3.8, 4) is 28.6 Å². The molecule has 2 bridgehead atoms. The molecule has 0 saturated carbocycles. The number of piperidine rings is 1. The first-order valence-electron chi connectivity index (χ1n) is 9.21. The first kappa shape index (κ1) is 16.2. The number of phenolic OH excluding ortho intramolecular Hbond substituents is 1. The van der Waals surface area contributed by atoms with Crippen LogP contribution in [0, 0.1) is 0 Å². The van der Waals surface area contributed by atoms with Crippen molar-refractivity contribution in [2.24, 2.45) is 0 Å². The van der Waals surface area contributed by atoms with Gasteiger partial charge in [-0.1, -0.05) is 0 Å². The standard InChI is InChI=1S/C19H20N6O2/c26-18-11-14(25-20-7-8-21-25)3-4-16(18)17-5-6-19(24-23-17)27-15-9-12-1-2-13(10-15)22-12/h3-8,11-13,15,22,26H,1-2,9-10H2/t12-,13+,15+. The maximum atomic E-state index is 10.4. The second-order valence-electron chi connectivity index (χ2n) is 7.13. The van der Waals surface area contributed by atoms with E-state index in [-0.39, 0.29) is 11.9 Å². The molecule has 0 aliphatic carbocycles. The largest absolute Gasteiger partial charge is 0.507 e. The topological polar surface area (TPSA) is 98.0 Å². The van der Waals surface area contributed by atoms with Gasteiger partial charge in [0.25, 0.3) is 0 Å². The van der Waals surface area contributed by atoms with Crippen LogP contribution in [-0.4, -0.2) is 48.5 Å². The lowest BCUT2D eigenvalue weighted by Crippen LogP contribution is -2.42. The summed E-state index contributed by atoms with van der Waals surface area (Å²) in [6.07, 6.45) is 7.87. The summed E-state index contributed by atoms with van der Waals surface area (Å²) in [6, 6.07) is 9.98. The molecule has 2 saturated heterocycles. The van der Waals surface area contributed by atoms with Crippen molar-refractivity contribution in [2.75, 3.05) is 0 Å². The highest BCUT2D eigenvalue weighted by Crippen LogP contribution is 2.31. The molecule has 138 valence electrons. The SMILES string of the molecule is Oc1cc(-n2nccn2)ccc1-c1ccc(O[C@H]2C[C@H]3CC[C@@H](C2)N3)nn1. The third kappa shape index (κ3) is 3.23. The van der Waals surface area contributed by atoms with Gasteiger partial charge in [-0.05, 0) is 43.9 Å². The van der Waals surface area contributed by atoms with Gasteiger partial charge in [0, 0.05) is 29.8 Å². The zero-order valence-electron chi connectivity index (χ0n) is 14.7. The Morgan fingerprint density at radius 1 is 1.00 bits per heavy atom. The molecule has 4 heterocycles. The van der Waals surface area contributed by atoms with Gasteiger partial charge in [0.05, 0.1) is 23.8 Å². The van der Waals surface area contributed by atoms with E-state index < -0.39 is 0 Å². The minimum absolute atomic E-state index is 0.0997. The molecular formula is C19H20N6O2. The Labute approximate surface area is 156 Å².